The van der Waals surface area contributed by atoms with Crippen LogP contribution in [0.25, 0.3) is 0 Å². The number of hydrogen-bond donors (Lipinski definition) is 0. The van der Waals surface area contributed by atoms with Gasteiger partial charge in [-0.25, -0.2) is 0 Å². The van der Waals surface area contributed by atoms with Crippen molar-refractivity contribution in [3.63, 3.8) is 0 Å². The first kappa shape index (κ1) is 13.2. The van der Waals surface area contributed by atoms with E-state index in [1.54, 1.807) is 0 Å². The highest BCUT2D eigenvalue weighted by Gasteiger charge is 2.35. The minimum atomic E-state index is -0.0766. The second-order valence-corrected chi connectivity index (χ2v) is 5.46. The van der Waals surface area contributed by atoms with Gasteiger partial charge in [0.05, 0.1) is 5.92 Å². The molecule has 3 rings (SSSR count). The average Bonchev–Trinajstić information content (AvgIpc) is 2.74. The lowest BCUT2D eigenvalue weighted by Crippen LogP contribution is -2.29. The normalized spacial score (nSPS) is 17.4. The van der Waals surface area contributed by atoms with Crippen molar-refractivity contribution < 1.29 is 4.79 Å². The van der Waals surface area contributed by atoms with E-state index in [1.165, 1.54) is 0 Å². The smallest absolute Gasteiger partial charge is 0.234 e. The fourth-order valence-corrected chi connectivity index (χ4v) is 2.97. The fraction of sp³-hybridized carbons (Fsp3) is 0.235. The van der Waals surface area contributed by atoms with Crippen molar-refractivity contribution >= 4 is 23.2 Å². The van der Waals surface area contributed by atoms with Gasteiger partial charge in [0.15, 0.2) is 0 Å². The Morgan fingerprint density at radius 1 is 1.10 bits per heavy atom. The van der Waals surface area contributed by atoms with Crippen LogP contribution in [0.3, 0.4) is 0 Å². The standard InChI is InChI=1S/C17H16ClNO/c1-2-19-16-6-4-3-5-14(16)15(17(19)20)11-12-7-9-13(18)10-8-12/h3-10,15H,2,11H2,1H3/t15-/m0/s1. The Balaban J connectivity index is 1.94. The molecular formula is C17H16ClNO. The number of carbonyl (C=O) groups excluding carboxylic acids is 1. The van der Waals surface area contributed by atoms with Crippen molar-refractivity contribution in [3.8, 4) is 0 Å². The molecule has 2 aromatic rings. The molecule has 3 heteroatoms. The largest absolute Gasteiger partial charge is 0.312 e. The second kappa shape index (κ2) is 5.29. The van der Waals surface area contributed by atoms with Crippen LogP contribution in [0, 0.1) is 0 Å². The van der Waals surface area contributed by atoms with E-state index in [9.17, 15) is 4.79 Å². The number of carbonyl (C=O) groups is 1. The summed E-state index contributed by atoms with van der Waals surface area (Å²) < 4.78 is 0. The summed E-state index contributed by atoms with van der Waals surface area (Å²) in [5, 5.41) is 0.724. The van der Waals surface area contributed by atoms with Crippen molar-refractivity contribution in [2.75, 3.05) is 11.4 Å². The molecule has 0 saturated heterocycles. The minimum absolute atomic E-state index is 0.0766. The molecule has 0 saturated carbocycles. The molecule has 0 aromatic heterocycles. The molecule has 102 valence electrons. The minimum Gasteiger partial charge on any atom is -0.312 e. The van der Waals surface area contributed by atoms with Gasteiger partial charge in [0.25, 0.3) is 0 Å². The number of anilines is 1. The maximum Gasteiger partial charge on any atom is 0.234 e. The molecule has 1 atom stereocenters. The van der Waals surface area contributed by atoms with Crippen LogP contribution >= 0.6 is 11.6 Å². The number of para-hydroxylation sites is 1. The van der Waals surface area contributed by atoms with Crippen LogP contribution in [0.2, 0.25) is 5.02 Å². The van der Waals surface area contributed by atoms with E-state index in [-0.39, 0.29) is 11.8 Å². The highest BCUT2D eigenvalue weighted by molar-refractivity contribution is 6.30. The molecule has 0 radical (unpaired) electrons. The number of rotatable bonds is 3. The van der Waals surface area contributed by atoms with Crippen molar-refractivity contribution in [1.82, 2.24) is 0 Å². The summed E-state index contributed by atoms with van der Waals surface area (Å²) in [5.41, 5.74) is 3.33. The van der Waals surface area contributed by atoms with Crippen LogP contribution in [0.15, 0.2) is 48.5 Å². The Kier molecular flexibility index (Phi) is 3.49. The van der Waals surface area contributed by atoms with E-state index in [4.69, 9.17) is 11.6 Å². The second-order valence-electron chi connectivity index (χ2n) is 5.02. The number of amides is 1. The summed E-state index contributed by atoms with van der Waals surface area (Å²) in [7, 11) is 0. The quantitative estimate of drug-likeness (QED) is 0.834. The Morgan fingerprint density at radius 2 is 1.80 bits per heavy atom. The fourth-order valence-electron chi connectivity index (χ4n) is 2.85. The Hall–Kier alpha value is -1.80. The molecular weight excluding hydrogens is 270 g/mol. The number of likely N-dealkylation sites (N-methyl/N-ethyl adjacent to an activating group) is 1. The molecule has 1 aliphatic heterocycles. The number of halogens is 1. The summed E-state index contributed by atoms with van der Waals surface area (Å²) in [5.74, 6) is 0.121. The summed E-state index contributed by atoms with van der Waals surface area (Å²) >= 11 is 5.91. The van der Waals surface area contributed by atoms with E-state index in [2.05, 4.69) is 6.07 Å². The van der Waals surface area contributed by atoms with Crippen LogP contribution in [0.1, 0.15) is 24.0 Å². The first-order chi connectivity index (χ1) is 9.70. The number of fused-ring (bicyclic) bond motifs is 1. The zero-order valence-corrected chi connectivity index (χ0v) is 12.1. The van der Waals surface area contributed by atoms with Crippen molar-refractivity contribution in [3.05, 3.63) is 64.7 Å². The zero-order chi connectivity index (χ0) is 14.1. The molecule has 2 nitrogen and oxygen atoms in total. The SMILES string of the molecule is CCN1C(=O)[C@@H](Cc2ccc(Cl)cc2)c2ccccc21. The highest BCUT2D eigenvalue weighted by atomic mass is 35.5. The van der Waals surface area contributed by atoms with Crippen molar-refractivity contribution in [1.29, 1.82) is 0 Å². The van der Waals surface area contributed by atoms with Gasteiger partial charge in [-0.3, -0.25) is 4.79 Å². The summed E-state index contributed by atoms with van der Waals surface area (Å²) in [4.78, 5) is 14.4. The number of hydrogen-bond acceptors (Lipinski definition) is 1. The van der Waals surface area contributed by atoms with Crippen LogP contribution in [0.4, 0.5) is 5.69 Å². The molecule has 1 amide bonds. The highest BCUT2D eigenvalue weighted by Crippen LogP contribution is 2.38. The first-order valence-corrected chi connectivity index (χ1v) is 7.23. The predicted molar refractivity (Wildman–Crippen MR) is 82.4 cm³/mol. The third kappa shape index (κ3) is 2.20. The van der Waals surface area contributed by atoms with Gasteiger partial charge in [-0.15, -0.1) is 0 Å². The van der Waals surface area contributed by atoms with Gasteiger partial charge in [-0.1, -0.05) is 41.9 Å². The van der Waals surface area contributed by atoms with E-state index < -0.39 is 0 Å². The van der Waals surface area contributed by atoms with Gasteiger partial charge in [-0.2, -0.15) is 0 Å². The maximum absolute atomic E-state index is 12.6. The van der Waals surface area contributed by atoms with Crippen LogP contribution in [-0.4, -0.2) is 12.5 Å². The van der Waals surface area contributed by atoms with Gasteiger partial charge >= 0.3 is 0 Å². The van der Waals surface area contributed by atoms with Gasteiger partial charge in [-0.05, 0) is 42.7 Å². The molecule has 2 aromatic carbocycles. The van der Waals surface area contributed by atoms with Crippen LogP contribution < -0.4 is 4.90 Å². The molecule has 1 heterocycles. The van der Waals surface area contributed by atoms with Crippen molar-refractivity contribution in [2.24, 2.45) is 0 Å². The lowest BCUT2D eigenvalue weighted by Gasteiger charge is -2.15. The molecule has 1 aliphatic rings. The molecule has 0 bridgehead atoms. The summed E-state index contributed by atoms with van der Waals surface area (Å²) in [6, 6.07) is 15.8. The average molecular weight is 286 g/mol. The molecule has 0 unspecified atom stereocenters. The molecule has 0 N–H and O–H groups in total. The monoisotopic (exact) mass is 285 g/mol. The molecule has 20 heavy (non-hydrogen) atoms. The molecule has 0 aliphatic carbocycles. The number of benzene rings is 2. The maximum atomic E-state index is 12.6. The Labute approximate surface area is 124 Å². The van der Waals surface area contributed by atoms with Gasteiger partial charge in [0.1, 0.15) is 0 Å². The Morgan fingerprint density at radius 3 is 2.50 bits per heavy atom. The van der Waals surface area contributed by atoms with E-state index in [1.807, 2.05) is 54.3 Å². The third-order valence-electron chi connectivity index (χ3n) is 3.84. The topological polar surface area (TPSA) is 20.3 Å². The summed E-state index contributed by atoms with van der Waals surface area (Å²) in [6.45, 7) is 2.73. The van der Waals surface area contributed by atoms with Crippen LogP contribution in [0.5, 0.6) is 0 Å². The van der Waals surface area contributed by atoms with E-state index in [0.717, 1.165) is 28.3 Å². The predicted octanol–water partition coefficient (Wildman–Crippen LogP) is 4.03. The lowest BCUT2D eigenvalue weighted by molar-refractivity contribution is -0.119. The number of nitrogens with zero attached hydrogens (tertiary/aromatic N) is 1. The van der Waals surface area contributed by atoms with Gasteiger partial charge in [0.2, 0.25) is 5.91 Å². The van der Waals surface area contributed by atoms with E-state index >= 15 is 0 Å². The molecule has 0 spiro atoms. The summed E-state index contributed by atoms with van der Waals surface area (Å²) in [6.07, 6.45) is 0.726. The van der Waals surface area contributed by atoms with E-state index in [0.29, 0.717) is 6.54 Å². The molecule has 0 fully saturated rings. The van der Waals surface area contributed by atoms with Crippen molar-refractivity contribution in [2.45, 2.75) is 19.3 Å². The zero-order valence-electron chi connectivity index (χ0n) is 11.3. The van der Waals surface area contributed by atoms with Crippen LogP contribution in [-0.2, 0) is 11.2 Å². The Bertz CT molecular complexity index is 636. The van der Waals surface area contributed by atoms with Gasteiger partial charge in [0, 0.05) is 17.3 Å². The van der Waals surface area contributed by atoms with Gasteiger partial charge < -0.3 is 4.90 Å². The third-order valence-corrected chi connectivity index (χ3v) is 4.09. The first-order valence-electron chi connectivity index (χ1n) is 6.85. The lowest BCUT2D eigenvalue weighted by atomic mass is 9.93.